The minimum Gasteiger partial charge on any atom is -0.462 e. The minimum absolute atomic E-state index is 0.00142. The van der Waals surface area contributed by atoms with Crippen LogP contribution in [0, 0.1) is 5.82 Å². The molecule has 2 aromatic carbocycles. The Bertz CT molecular complexity index is 1630. The summed E-state index contributed by atoms with van der Waals surface area (Å²) >= 11 is 0. The zero-order valence-electron chi connectivity index (χ0n) is 24.3. The van der Waals surface area contributed by atoms with E-state index in [9.17, 15) is 9.59 Å². The molecule has 2 aliphatic rings. The summed E-state index contributed by atoms with van der Waals surface area (Å²) in [7, 11) is 1.82. The fraction of sp³-hybridized carbons (Fsp3) is 0.406. The lowest BCUT2D eigenvalue weighted by Gasteiger charge is -2.39. The maximum atomic E-state index is 16.1. The van der Waals surface area contributed by atoms with Crippen LogP contribution in [0.4, 0.5) is 4.39 Å². The molecule has 9 nitrogen and oxygen atoms in total. The number of carbonyl (C=O) groups excluding carboxylic acids is 2. The van der Waals surface area contributed by atoms with Gasteiger partial charge in [0.1, 0.15) is 11.4 Å². The second-order valence-corrected chi connectivity index (χ2v) is 11.4. The molecular weight excluding hydrogens is 535 g/mol. The molecule has 10 heteroatoms. The molecule has 4 atom stereocenters. The number of hydrogen-bond donors (Lipinski definition) is 0. The van der Waals surface area contributed by atoms with Crippen molar-refractivity contribution in [2.75, 3.05) is 6.61 Å². The summed E-state index contributed by atoms with van der Waals surface area (Å²) < 4.78 is 24.8. The van der Waals surface area contributed by atoms with E-state index in [1.165, 1.54) is 6.20 Å². The average molecular weight is 571 g/mol. The zero-order chi connectivity index (χ0) is 29.5. The van der Waals surface area contributed by atoms with Crippen molar-refractivity contribution in [3.05, 3.63) is 83.2 Å². The van der Waals surface area contributed by atoms with Crippen molar-refractivity contribution in [2.24, 2.45) is 7.05 Å². The quantitative estimate of drug-likeness (QED) is 0.266. The number of amides is 1. The van der Waals surface area contributed by atoms with E-state index in [1.54, 1.807) is 34.5 Å². The van der Waals surface area contributed by atoms with Crippen LogP contribution in [0.1, 0.15) is 90.4 Å². The first-order valence-corrected chi connectivity index (χ1v) is 14.6. The lowest BCUT2D eigenvalue weighted by Crippen LogP contribution is -2.47. The van der Waals surface area contributed by atoms with Gasteiger partial charge in [-0.2, -0.15) is 5.10 Å². The Hall–Kier alpha value is -4.34. The molecule has 1 amide bonds. The number of ether oxygens (including phenoxy) is 1. The van der Waals surface area contributed by atoms with Crippen LogP contribution in [0.15, 0.2) is 54.9 Å². The highest BCUT2D eigenvalue weighted by atomic mass is 19.1. The van der Waals surface area contributed by atoms with Gasteiger partial charge in [0.15, 0.2) is 0 Å². The van der Waals surface area contributed by atoms with E-state index in [2.05, 4.69) is 15.4 Å². The lowest BCUT2D eigenvalue weighted by molar-refractivity contribution is 0.0502. The monoisotopic (exact) mass is 570 g/mol. The second kappa shape index (κ2) is 11.2. The number of aryl methyl sites for hydroxylation is 1. The molecule has 218 valence electrons. The number of esters is 1. The van der Waals surface area contributed by atoms with Crippen LogP contribution in [-0.2, 0) is 11.8 Å². The SMILES string of the molecule is CCOC(=O)c1cnn(-c2cccc(-c3cccc(C(=O)N4[C@H](C)CCC[C@@H]4C)c3F)c2)c1C1CC1c1cn(C)nn1. The zero-order valence-corrected chi connectivity index (χ0v) is 24.3. The molecule has 2 unspecified atom stereocenters. The molecular formula is C32H35FN6O3. The van der Waals surface area contributed by atoms with Crippen LogP contribution < -0.4 is 0 Å². The van der Waals surface area contributed by atoms with Crippen LogP contribution in [-0.4, -0.2) is 60.2 Å². The smallest absolute Gasteiger partial charge is 0.341 e. The maximum absolute atomic E-state index is 16.1. The summed E-state index contributed by atoms with van der Waals surface area (Å²) in [6, 6.07) is 12.5. The minimum atomic E-state index is -0.539. The lowest BCUT2D eigenvalue weighted by atomic mass is 9.95. The van der Waals surface area contributed by atoms with Gasteiger partial charge in [-0.15, -0.1) is 5.10 Å². The van der Waals surface area contributed by atoms with Crippen LogP contribution in [0.3, 0.4) is 0 Å². The van der Waals surface area contributed by atoms with Gasteiger partial charge in [0.2, 0.25) is 0 Å². The van der Waals surface area contributed by atoms with Gasteiger partial charge in [0.05, 0.1) is 35.4 Å². The van der Waals surface area contributed by atoms with Crippen molar-refractivity contribution in [1.29, 1.82) is 0 Å². The van der Waals surface area contributed by atoms with Gasteiger partial charge in [-0.3, -0.25) is 9.48 Å². The van der Waals surface area contributed by atoms with Crippen molar-refractivity contribution >= 4 is 11.9 Å². The first-order chi connectivity index (χ1) is 20.3. The number of aromatic nitrogens is 5. The third-order valence-electron chi connectivity index (χ3n) is 8.50. The van der Waals surface area contributed by atoms with Crippen molar-refractivity contribution in [1.82, 2.24) is 29.7 Å². The maximum Gasteiger partial charge on any atom is 0.341 e. The summed E-state index contributed by atoms with van der Waals surface area (Å²) in [4.78, 5) is 28.3. The third-order valence-corrected chi connectivity index (χ3v) is 8.50. The molecule has 2 aromatic heterocycles. The Morgan fingerprint density at radius 2 is 1.81 bits per heavy atom. The summed E-state index contributed by atoms with van der Waals surface area (Å²) in [5, 5.41) is 12.9. The number of carbonyl (C=O) groups is 2. The predicted octanol–water partition coefficient (Wildman–Crippen LogP) is 5.66. The number of benzene rings is 2. The Morgan fingerprint density at radius 3 is 2.52 bits per heavy atom. The van der Waals surface area contributed by atoms with E-state index < -0.39 is 11.8 Å². The second-order valence-electron chi connectivity index (χ2n) is 11.4. The van der Waals surface area contributed by atoms with Crippen molar-refractivity contribution < 1.29 is 18.7 Å². The van der Waals surface area contributed by atoms with Crippen LogP contribution in [0.5, 0.6) is 0 Å². The summed E-state index contributed by atoms with van der Waals surface area (Å²) in [5.41, 5.74) is 3.70. The fourth-order valence-electron chi connectivity index (χ4n) is 6.33. The Balaban J connectivity index is 1.37. The topological polar surface area (TPSA) is 95.1 Å². The molecule has 0 bridgehead atoms. The molecule has 1 aliphatic heterocycles. The highest BCUT2D eigenvalue weighted by Gasteiger charge is 2.46. The van der Waals surface area contributed by atoms with Gasteiger partial charge in [-0.05, 0) is 70.2 Å². The van der Waals surface area contributed by atoms with E-state index >= 15 is 4.39 Å². The summed E-state index contributed by atoms with van der Waals surface area (Å²) in [5.74, 6) is -1.15. The Kier molecular flexibility index (Phi) is 7.38. The van der Waals surface area contributed by atoms with Crippen LogP contribution >= 0.6 is 0 Å². The van der Waals surface area contributed by atoms with E-state index in [-0.39, 0.29) is 42.0 Å². The first kappa shape index (κ1) is 27.8. The highest BCUT2D eigenvalue weighted by Crippen LogP contribution is 2.55. The number of nitrogens with zero attached hydrogens (tertiary/aromatic N) is 6. The largest absolute Gasteiger partial charge is 0.462 e. The fourth-order valence-corrected chi connectivity index (χ4v) is 6.33. The molecule has 0 spiro atoms. The van der Waals surface area contributed by atoms with E-state index in [0.717, 1.165) is 37.1 Å². The molecule has 1 saturated heterocycles. The highest BCUT2D eigenvalue weighted by molar-refractivity contribution is 5.96. The average Bonchev–Trinajstić information content (AvgIpc) is 3.42. The first-order valence-electron chi connectivity index (χ1n) is 14.6. The molecule has 3 heterocycles. The van der Waals surface area contributed by atoms with E-state index in [0.29, 0.717) is 22.4 Å². The Labute approximate surface area is 244 Å². The van der Waals surface area contributed by atoms with Crippen molar-refractivity contribution in [3.8, 4) is 16.8 Å². The van der Waals surface area contributed by atoms with E-state index in [1.807, 2.05) is 56.3 Å². The van der Waals surface area contributed by atoms with Gasteiger partial charge < -0.3 is 9.64 Å². The van der Waals surface area contributed by atoms with Crippen molar-refractivity contribution in [2.45, 2.75) is 70.4 Å². The van der Waals surface area contributed by atoms with Gasteiger partial charge in [-0.1, -0.05) is 29.5 Å². The molecule has 0 N–H and O–H groups in total. The van der Waals surface area contributed by atoms with Gasteiger partial charge in [0, 0.05) is 42.7 Å². The van der Waals surface area contributed by atoms with Crippen LogP contribution in [0.2, 0.25) is 0 Å². The molecule has 4 aromatic rings. The van der Waals surface area contributed by atoms with Gasteiger partial charge in [-0.25, -0.2) is 13.9 Å². The number of halogens is 1. The standard InChI is InChI=1S/C32H35FN6O3/c1-5-42-32(41)27-17-34-39(30(27)26-16-25(26)28-18-37(4)36-35-28)22-12-7-11-21(15-22)23-13-8-14-24(29(23)33)31(40)38-19(2)9-6-10-20(38)3/h7-8,11-15,17-20,25-26H,5-6,9-10,16H2,1-4H3/t19-,20+,25?,26?. The van der Waals surface area contributed by atoms with Gasteiger partial charge in [0.25, 0.3) is 5.91 Å². The molecule has 0 radical (unpaired) electrons. The number of rotatable bonds is 7. The molecule has 42 heavy (non-hydrogen) atoms. The normalized spacial score (nSPS) is 21.8. The van der Waals surface area contributed by atoms with Gasteiger partial charge >= 0.3 is 5.97 Å². The van der Waals surface area contributed by atoms with Crippen LogP contribution in [0.25, 0.3) is 16.8 Å². The summed E-state index contributed by atoms with van der Waals surface area (Å²) in [6.45, 7) is 6.07. The number of likely N-dealkylation sites (tertiary alicyclic amines) is 1. The number of piperidine rings is 1. The molecule has 6 rings (SSSR count). The number of hydrogen-bond acceptors (Lipinski definition) is 6. The predicted molar refractivity (Wildman–Crippen MR) is 155 cm³/mol. The molecule has 2 fully saturated rings. The van der Waals surface area contributed by atoms with E-state index in [4.69, 9.17) is 4.74 Å². The third kappa shape index (κ3) is 4.99. The summed E-state index contributed by atoms with van der Waals surface area (Å²) in [6.07, 6.45) is 7.11. The van der Waals surface area contributed by atoms with Crippen molar-refractivity contribution in [3.63, 3.8) is 0 Å². The molecule has 1 saturated carbocycles. The Morgan fingerprint density at radius 1 is 1.05 bits per heavy atom. The molecule has 1 aliphatic carbocycles.